The minimum absolute atomic E-state index is 0.654. The highest BCUT2D eigenvalue weighted by Gasteiger charge is 1.95. The van der Waals surface area contributed by atoms with Crippen LogP contribution in [0, 0.1) is 5.92 Å². The topological polar surface area (TPSA) is 48.8 Å². The molecule has 0 spiro atoms. The summed E-state index contributed by atoms with van der Waals surface area (Å²) in [5.74, 6) is 0.772. The number of azide groups is 1. The third kappa shape index (κ3) is 5.45. The van der Waals surface area contributed by atoms with E-state index in [0.29, 0.717) is 6.54 Å². The molecule has 0 unspecified atom stereocenters. The minimum Gasteiger partial charge on any atom is -0.0940 e. The first-order valence-corrected chi connectivity index (χ1v) is 3.82. The zero-order valence-corrected chi connectivity index (χ0v) is 6.75. The van der Waals surface area contributed by atoms with Crippen molar-refractivity contribution in [2.75, 3.05) is 6.54 Å². The molecule has 0 aromatic carbocycles. The van der Waals surface area contributed by atoms with Gasteiger partial charge in [-0.1, -0.05) is 31.8 Å². The van der Waals surface area contributed by atoms with Crippen molar-refractivity contribution in [1.82, 2.24) is 0 Å². The van der Waals surface area contributed by atoms with E-state index in [1.807, 2.05) is 0 Å². The summed E-state index contributed by atoms with van der Waals surface area (Å²) in [7, 11) is 0. The highest BCUT2D eigenvalue weighted by Crippen LogP contribution is 2.08. The van der Waals surface area contributed by atoms with Gasteiger partial charge in [-0.25, -0.2) is 0 Å². The van der Waals surface area contributed by atoms with Gasteiger partial charge in [0, 0.05) is 11.5 Å². The second-order valence-corrected chi connectivity index (χ2v) is 2.61. The van der Waals surface area contributed by atoms with Crippen molar-refractivity contribution < 1.29 is 0 Å². The Kier molecular flexibility index (Phi) is 5.99. The van der Waals surface area contributed by atoms with Crippen molar-refractivity contribution >= 4 is 0 Å². The predicted octanol–water partition coefficient (Wildman–Crippen LogP) is 3.12. The quantitative estimate of drug-likeness (QED) is 0.244. The first kappa shape index (κ1) is 9.31. The molecule has 0 aliphatic rings. The maximum atomic E-state index is 7.95. The van der Waals surface area contributed by atoms with Crippen LogP contribution in [0.15, 0.2) is 5.11 Å². The predicted molar refractivity (Wildman–Crippen MR) is 42.7 cm³/mol. The number of hydrogen-bond donors (Lipinski definition) is 0. The van der Waals surface area contributed by atoms with Crippen LogP contribution in [-0.4, -0.2) is 6.54 Å². The molecule has 0 aromatic heterocycles. The molecular weight excluding hydrogens is 126 g/mol. The Morgan fingerprint density at radius 1 is 1.60 bits per heavy atom. The van der Waals surface area contributed by atoms with E-state index in [1.165, 1.54) is 12.8 Å². The van der Waals surface area contributed by atoms with Crippen LogP contribution in [-0.2, 0) is 0 Å². The molecule has 3 nitrogen and oxygen atoms in total. The molecule has 0 heterocycles. The van der Waals surface area contributed by atoms with Crippen LogP contribution < -0.4 is 0 Å². The second-order valence-electron chi connectivity index (χ2n) is 2.61. The molecule has 0 N–H and O–H groups in total. The monoisotopic (exact) mass is 141 g/mol. The summed E-state index contributed by atoms with van der Waals surface area (Å²) < 4.78 is 0. The first-order chi connectivity index (χ1) is 4.81. The van der Waals surface area contributed by atoms with Gasteiger partial charge in [0.1, 0.15) is 0 Å². The maximum Gasteiger partial charge on any atom is 0.0258 e. The molecule has 0 saturated heterocycles. The van der Waals surface area contributed by atoms with E-state index in [0.717, 1.165) is 12.3 Å². The zero-order chi connectivity index (χ0) is 7.82. The smallest absolute Gasteiger partial charge is 0.0258 e. The Bertz CT molecular complexity index is 116. The summed E-state index contributed by atoms with van der Waals surface area (Å²) in [5, 5.41) is 3.46. The lowest BCUT2D eigenvalue weighted by Crippen LogP contribution is -1.92. The third-order valence-electron chi connectivity index (χ3n) is 1.72. The lowest BCUT2D eigenvalue weighted by atomic mass is 10.0. The van der Waals surface area contributed by atoms with Crippen molar-refractivity contribution in [3.8, 4) is 0 Å². The molecule has 0 aliphatic carbocycles. The second kappa shape index (κ2) is 6.43. The molecule has 0 aromatic rings. The normalized spacial score (nSPS) is 12.2. The van der Waals surface area contributed by atoms with Crippen molar-refractivity contribution in [3.05, 3.63) is 10.4 Å². The van der Waals surface area contributed by atoms with Gasteiger partial charge in [0.15, 0.2) is 0 Å². The Morgan fingerprint density at radius 3 is 2.80 bits per heavy atom. The van der Waals surface area contributed by atoms with Crippen molar-refractivity contribution in [1.29, 1.82) is 0 Å². The summed E-state index contributed by atoms with van der Waals surface area (Å²) in [6.07, 6.45) is 3.42. The fourth-order valence-corrected chi connectivity index (χ4v) is 0.759. The van der Waals surface area contributed by atoms with Crippen molar-refractivity contribution in [2.24, 2.45) is 11.0 Å². The van der Waals surface area contributed by atoms with Crippen molar-refractivity contribution in [3.63, 3.8) is 0 Å². The van der Waals surface area contributed by atoms with Gasteiger partial charge < -0.3 is 0 Å². The molecule has 58 valence electrons. The van der Waals surface area contributed by atoms with Gasteiger partial charge in [0.25, 0.3) is 0 Å². The van der Waals surface area contributed by atoms with E-state index in [2.05, 4.69) is 23.9 Å². The van der Waals surface area contributed by atoms with Gasteiger partial charge in [-0.15, -0.1) is 0 Å². The van der Waals surface area contributed by atoms with E-state index in [-0.39, 0.29) is 0 Å². The highest BCUT2D eigenvalue weighted by molar-refractivity contribution is 4.52. The number of nitrogens with zero attached hydrogens (tertiary/aromatic N) is 3. The Hall–Kier alpha value is -0.690. The summed E-state index contributed by atoms with van der Waals surface area (Å²) in [4.78, 5) is 2.68. The number of hydrogen-bond acceptors (Lipinski definition) is 1. The molecular formula is C7H15N3. The molecule has 1 atom stereocenters. The summed E-state index contributed by atoms with van der Waals surface area (Å²) in [6.45, 7) is 5.05. The zero-order valence-electron chi connectivity index (χ0n) is 6.75. The molecule has 0 saturated carbocycles. The van der Waals surface area contributed by atoms with Crippen LogP contribution >= 0.6 is 0 Å². The summed E-state index contributed by atoms with van der Waals surface area (Å²) in [5.41, 5.74) is 7.95. The minimum atomic E-state index is 0.654. The molecule has 10 heavy (non-hydrogen) atoms. The van der Waals surface area contributed by atoms with Gasteiger partial charge in [-0.05, 0) is 17.9 Å². The van der Waals surface area contributed by atoms with Gasteiger partial charge in [0.2, 0.25) is 0 Å². The lowest BCUT2D eigenvalue weighted by Gasteiger charge is -2.04. The standard InChI is InChI=1S/C7H15N3/c1-3-7(2)5-4-6-9-10-8/h7H,3-6H2,1-2H3/t7-/m0/s1. The van der Waals surface area contributed by atoms with Gasteiger partial charge in [-0.2, -0.15) is 0 Å². The largest absolute Gasteiger partial charge is 0.0940 e. The Balaban J connectivity index is 3.10. The highest BCUT2D eigenvalue weighted by atomic mass is 15.1. The fourth-order valence-electron chi connectivity index (χ4n) is 0.759. The van der Waals surface area contributed by atoms with Crippen LogP contribution in [0.4, 0.5) is 0 Å². The first-order valence-electron chi connectivity index (χ1n) is 3.82. The molecule has 0 amide bonds. The van der Waals surface area contributed by atoms with E-state index >= 15 is 0 Å². The van der Waals surface area contributed by atoms with Crippen LogP contribution in [0.5, 0.6) is 0 Å². The Labute approximate surface area is 62.1 Å². The van der Waals surface area contributed by atoms with Gasteiger partial charge >= 0.3 is 0 Å². The van der Waals surface area contributed by atoms with Crippen LogP contribution in [0.25, 0.3) is 10.4 Å². The summed E-state index contributed by atoms with van der Waals surface area (Å²) in [6, 6.07) is 0. The van der Waals surface area contributed by atoms with Crippen LogP contribution in [0.3, 0.4) is 0 Å². The summed E-state index contributed by atoms with van der Waals surface area (Å²) >= 11 is 0. The van der Waals surface area contributed by atoms with Crippen LogP contribution in [0.1, 0.15) is 33.1 Å². The van der Waals surface area contributed by atoms with Gasteiger partial charge in [-0.3, -0.25) is 0 Å². The number of rotatable bonds is 5. The molecule has 0 bridgehead atoms. The fraction of sp³-hybridized carbons (Fsp3) is 1.00. The molecule has 0 radical (unpaired) electrons. The molecule has 0 rings (SSSR count). The maximum absolute atomic E-state index is 7.95. The van der Waals surface area contributed by atoms with Gasteiger partial charge in [0.05, 0.1) is 0 Å². The van der Waals surface area contributed by atoms with E-state index in [4.69, 9.17) is 5.53 Å². The SMILES string of the molecule is CC[C@H](C)CCCN=[N+]=[N-]. The molecule has 0 fully saturated rings. The van der Waals surface area contributed by atoms with E-state index < -0.39 is 0 Å². The van der Waals surface area contributed by atoms with E-state index in [1.54, 1.807) is 0 Å². The van der Waals surface area contributed by atoms with Crippen molar-refractivity contribution in [2.45, 2.75) is 33.1 Å². The average Bonchev–Trinajstić information content (AvgIpc) is 1.98. The lowest BCUT2D eigenvalue weighted by molar-refractivity contribution is 0.499. The third-order valence-corrected chi connectivity index (χ3v) is 1.72. The molecule has 0 aliphatic heterocycles. The average molecular weight is 141 g/mol. The Morgan fingerprint density at radius 2 is 2.30 bits per heavy atom. The molecule has 3 heteroatoms. The van der Waals surface area contributed by atoms with E-state index in [9.17, 15) is 0 Å². The van der Waals surface area contributed by atoms with Crippen LogP contribution in [0.2, 0.25) is 0 Å².